The molecule has 0 rings (SSSR count). The lowest BCUT2D eigenvalue weighted by atomic mass is 9.90. The summed E-state index contributed by atoms with van der Waals surface area (Å²) in [6.07, 6.45) is -1.51. The van der Waals surface area contributed by atoms with Gasteiger partial charge in [-0.1, -0.05) is 20.8 Å². The highest BCUT2D eigenvalue weighted by atomic mass is 32.2. The van der Waals surface area contributed by atoms with E-state index in [-0.39, 0.29) is 0 Å². The molecule has 0 amide bonds. The Bertz CT molecular complexity index is 237. The first-order chi connectivity index (χ1) is 5.07. The Balaban J connectivity index is 4.64. The molecule has 0 aromatic carbocycles. The van der Waals surface area contributed by atoms with Gasteiger partial charge in [-0.05, 0) is 5.41 Å². The van der Waals surface area contributed by atoms with E-state index in [0.717, 1.165) is 0 Å². The van der Waals surface area contributed by atoms with Crippen molar-refractivity contribution >= 4 is 10.1 Å². The predicted molar refractivity (Wildman–Crippen MR) is 43.0 cm³/mol. The van der Waals surface area contributed by atoms with Gasteiger partial charge in [0.2, 0.25) is 5.44 Å². The van der Waals surface area contributed by atoms with E-state index in [4.69, 9.17) is 9.66 Å². The maximum atomic E-state index is 10.4. The van der Waals surface area contributed by atoms with E-state index in [9.17, 15) is 13.5 Å². The first kappa shape index (κ1) is 11.8. The SMILES string of the molecule is CC(C)(C)C(O)C(O)S(=O)(=O)O. The van der Waals surface area contributed by atoms with Gasteiger partial charge in [-0.25, -0.2) is 0 Å². The van der Waals surface area contributed by atoms with E-state index in [1.807, 2.05) is 0 Å². The molecule has 0 radical (unpaired) electrons. The fourth-order valence-electron chi connectivity index (χ4n) is 0.591. The molecule has 0 bridgehead atoms. The summed E-state index contributed by atoms with van der Waals surface area (Å²) in [7, 11) is -4.58. The van der Waals surface area contributed by atoms with Crippen LogP contribution < -0.4 is 0 Å². The average molecular weight is 198 g/mol. The molecular formula is C6H14O5S. The van der Waals surface area contributed by atoms with E-state index in [0.29, 0.717) is 0 Å². The lowest BCUT2D eigenvalue weighted by molar-refractivity contribution is -0.0105. The van der Waals surface area contributed by atoms with Crippen molar-refractivity contribution in [1.82, 2.24) is 0 Å². The zero-order chi connectivity index (χ0) is 10.2. The Morgan fingerprint density at radius 1 is 1.17 bits per heavy atom. The van der Waals surface area contributed by atoms with Crippen LogP contribution in [0, 0.1) is 5.41 Å². The van der Waals surface area contributed by atoms with Gasteiger partial charge in [0.1, 0.15) is 6.10 Å². The third kappa shape index (κ3) is 3.06. The lowest BCUT2D eigenvalue weighted by Gasteiger charge is -2.27. The van der Waals surface area contributed by atoms with Gasteiger partial charge in [0, 0.05) is 0 Å². The van der Waals surface area contributed by atoms with Crippen molar-refractivity contribution in [3.05, 3.63) is 0 Å². The molecule has 6 heteroatoms. The standard InChI is InChI=1S/C6H14O5S/c1-6(2,3)4(7)5(8)12(9,10)11/h4-5,7-8H,1-3H3,(H,9,10,11). The molecule has 0 aliphatic heterocycles. The molecule has 0 aliphatic rings. The van der Waals surface area contributed by atoms with Gasteiger partial charge in [0.05, 0.1) is 0 Å². The molecular weight excluding hydrogens is 184 g/mol. The second kappa shape index (κ2) is 3.29. The second-order valence-electron chi connectivity index (χ2n) is 3.72. The van der Waals surface area contributed by atoms with Crippen molar-refractivity contribution < 1.29 is 23.2 Å². The smallest absolute Gasteiger partial charge is 0.294 e. The molecule has 0 aromatic rings. The minimum atomic E-state index is -4.58. The van der Waals surface area contributed by atoms with Crippen molar-refractivity contribution in [3.63, 3.8) is 0 Å². The van der Waals surface area contributed by atoms with E-state index in [1.54, 1.807) is 20.8 Å². The average Bonchev–Trinajstić information content (AvgIpc) is 1.80. The van der Waals surface area contributed by atoms with Gasteiger partial charge in [-0.3, -0.25) is 4.55 Å². The number of hydrogen-bond donors (Lipinski definition) is 3. The fourth-order valence-corrected chi connectivity index (χ4v) is 1.32. The fraction of sp³-hybridized carbons (Fsp3) is 1.00. The van der Waals surface area contributed by atoms with Gasteiger partial charge in [-0.15, -0.1) is 0 Å². The Kier molecular flexibility index (Phi) is 3.25. The first-order valence-corrected chi connectivity index (χ1v) is 4.89. The van der Waals surface area contributed by atoms with Crippen LogP contribution in [0.4, 0.5) is 0 Å². The van der Waals surface area contributed by atoms with Gasteiger partial charge < -0.3 is 10.2 Å². The van der Waals surface area contributed by atoms with Crippen molar-refractivity contribution in [2.45, 2.75) is 32.3 Å². The summed E-state index contributed by atoms with van der Waals surface area (Å²) < 4.78 is 29.1. The topological polar surface area (TPSA) is 94.8 Å². The quantitative estimate of drug-likeness (QED) is 0.525. The van der Waals surface area contributed by atoms with E-state index in [2.05, 4.69) is 0 Å². The summed E-state index contributed by atoms with van der Waals surface area (Å²) in [5, 5.41) is 18.1. The van der Waals surface area contributed by atoms with Gasteiger partial charge in [0.25, 0.3) is 10.1 Å². The molecule has 0 heterocycles. The zero-order valence-electron chi connectivity index (χ0n) is 7.22. The molecule has 0 saturated carbocycles. The minimum Gasteiger partial charge on any atom is -0.389 e. The van der Waals surface area contributed by atoms with E-state index < -0.39 is 27.1 Å². The van der Waals surface area contributed by atoms with Crippen molar-refractivity contribution in [2.24, 2.45) is 5.41 Å². The zero-order valence-corrected chi connectivity index (χ0v) is 8.04. The van der Waals surface area contributed by atoms with Crippen LogP contribution in [0.15, 0.2) is 0 Å². The Morgan fingerprint density at radius 3 is 1.58 bits per heavy atom. The van der Waals surface area contributed by atoms with Crippen LogP contribution in [0.1, 0.15) is 20.8 Å². The number of aliphatic hydroxyl groups is 2. The maximum Gasteiger partial charge on any atom is 0.294 e. The van der Waals surface area contributed by atoms with Crippen LogP contribution in [0.2, 0.25) is 0 Å². The monoisotopic (exact) mass is 198 g/mol. The molecule has 0 saturated heterocycles. The summed E-state index contributed by atoms with van der Waals surface area (Å²) in [4.78, 5) is 0. The molecule has 0 fully saturated rings. The summed E-state index contributed by atoms with van der Waals surface area (Å²) in [5.41, 5.74) is -2.94. The molecule has 2 unspecified atom stereocenters. The number of hydrogen-bond acceptors (Lipinski definition) is 4. The van der Waals surface area contributed by atoms with Crippen LogP contribution in [-0.4, -0.2) is 34.7 Å². The van der Waals surface area contributed by atoms with Gasteiger partial charge >= 0.3 is 0 Å². The molecule has 0 aromatic heterocycles. The molecule has 12 heavy (non-hydrogen) atoms. The maximum absolute atomic E-state index is 10.4. The molecule has 3 N–H and O–H groups in total. The molecule has 5 nitrogen and oxygen atoms in total. The summed E-state index contributed by atoms with van der Waals surface area (Å²) >= 11 is 0. The van der Waals surface area contributed by atoms with Crippen LogP contribution in [0.25, 0.3) is 0 Å². The van der Waals surface area contributed by atoms with Crippen molar-refractivity contribution in [1.29, 1.82) is 0 Å². The Labute approximate surface area is 71.8 Å². The largest absolute Gasteiger partial charge is 0.389 e. The van der Waals surface area contributed by atoms with Gasteiger partial charge in [-0.2, -0.15) is 8.42 Å². The van der Waals surface area contributed by atoms with Crippen LogP contribution >= 0.6 is 0 Å². The van der Waals surface area contributed by atoms with Crippen LogP contribution in [0.5, 0.6) is 0 Å². The molecule has 2 atom stereocenters. The van der Waals surface area contributed by atoms with Crippen LogP contribution in [0.3, 0.4) is 0 Å². The normalized spacial score (nSPS) is 18.8. The lowest BCUT2D eigenvalue weighted by Crippen LogP contribution is -2.42. The summed E-state index contributed by atoms with van der Waals surface area (Å²) in [6, 6.07) is 0. The highest BCUT2D eigenvalue weighted by Gasteiger charge is 2.36. The Morgan fingerprint density at radius 2 is 1.50 bits per heavy atom. The van der Waals surface area contributed by atoms with Crippen molar-refractivity contribution in [3.8, 4) is 0 Å². The molecule has 74 valence electrons. The van der Waals surface area contributed by atoms with Gasteiger partial charge in [0.15, 0.2) is 0 Å². The first-order valence-electron chi connectivity index (χ1n) is 3.39. The van der Waals surface area contributed by atoms with E-state index >= 15 is 0 Å². The number of rotatable bonds is 2. The minimum absolute atomic E-state index is 0.796. The third-order valence-corrected chi connectivity index (χ3v) is 2.33. The Hall–Kier alpha value is -0.170. The molecule has 0 aliphatic carbocycles. The predicted octanol–water partition coefficient (Wildman–Crippen LogP) is -0.400. The van der Waals surface area contributed by atoms with E-state index in [1.165, 1.54) is 0 Å². The highest BCUT2D eigenvalue weighted by Crippen LogP contribution is 2.23. The third-order valence-electron chi connectivity index (χ3n) is 1.46. The number of aliphatic hydroxyl groups excluding tert-OH is 2. The van der Waals surface area contributed by atoms with Crippen LogP contribution in [-0.2, 0) is 10.1 Å². The highest BCUT2D eigenvalue weighted by molar-refractivity contribution is 7.86. The summed E-state index contributed by atoms with van der Waals surface area (Å²) in [6.45, 7) is 4.64. The molecule has 0 spiro atoms. The van der Waals surface area contributed by atoms with Crippen molar-refractivity contribution in [2.75, 3.05) is 0 Å². The summed E-state index contributed by atoms with van der Waals surface area (Å²) in [5.74, 6) is 0. The second-order valence-corrected chi connectivity index (χ2v) is 5.23.